The number of aldehydes is 1. The van der Waals surface area contributed by atoms with Crippen LogP contribution in [-0.4, -0.2) is 19.4 Å². The number of rotatable bonds is 2. The second-order valence-electron chi connectivity index (χ2n) is 3.20. The quantitative estimate of drug-likeness (QED) is 0.646. The zero-order valence-electron chi connectivity index (χ0n) is 7.16. The molecule has 0 amide bonds. The molecule has 0 aliphatic carbocycles. The maximum Gasteiger partial charge on any atom is 0.150 e. The average molecular weight is 179 g/mol. The summed E-state index contributed by atoms with van der Waals surface area (Å²) in [5.41, 5.74) is 1.22. The van der Waals surface area contributed by atoms with Crippen LogP contribution in [-0.2, 0) is 0 Å². The van der Waals surface area contributed by atoms with E-state index in [1.807, 2.05) is 0 Å². The monoisotopic (exact) mass is 179 g/mol. The lowest BCUT2D eigenvalue weighted by atomic mass is 10.1. The van der Waals surface area contributed by atoms with Crippen LogP contribution in [0.5, 0.6) is 0 Å². The molecule has 2 nitrogen and oxygen atoms in total. The molecule has 1 aromatic carbocycles. The van der Waals surface area contributed by atoms with Gasteiger partial charge >= 0.3 is 0 Å². The first-order chi connectivity index (χ1) is 6.29. The molecule has 2 rings (SSSR count). The summed E-state index contributed by atoms with van der Waals surface area (Å²) in [6, 6.07) is 4.43. The first-order valence-electron chi connectivity index (χ1n) is 4.30. The number of hydrogen-bond acceptors (Lipinski definition) is 2. The van der Waals surface area contributed by atoms with Gasteiger partial charge in [-0.3, -0.25) is 4.79 Å². The number of carbonyl (C=O) groups is 1. The SMILES string of the molecule is O=Cc1cc(F)cc(N2CCC2)c1. The van der Waals surface area contributed by atoms with E-state index < -0.39 is 0 Å². The summed E-state index contributed by atoms with van der Waals surface area (Å²) in [6.07, 6.45) is 1.82. The van der Waals surface area contributed by atoms with Gasteiger partial charge in [0.1, 0.15) is 12.1 Å². The third-order valence-corrected chi connectivity index (χ3v) is 2.26. The summed E-state index contributed by atoms with van der Waals surface area (Å²) < 4.78 is 12.9. The van der Waals surface area contributed by atoms with Gasteiger partial charge < -0.3 is 4.90 Å². The van der Waals surface area contributed by atoms with E-state index in [0.29, 0.717) is 11.8 Å². The minimum absolute atomic E-state index is 0.341. The van der Waals surface area contributed by atoms with Crippen LogP contribution in [0.1, 0.15) is 16.8 Å². The first-order valence-corrected chi connectivity index (χ1v) is 4.30. The van der Waals surface area contributed by atoms with Crippen LogP contribution >= 0.6 is 0 Å². The predicted molar refractivity (Wildman–Crippen MR) is 48.6 cm³/mol. The maximum absolute atomic E-state index is 12.9. The molecule has 0 saturated carbocycles. The lowest BCUT2D eigenvalue weighted by Gasteiger charge is -2.33. The highest BCUT2D eigenvalue weighted by Crippen LogP contribution is 2.22. The van der Waals surface area contributed by atoms with Crippen molar-refractivity contribution in [2.45, 2.75) is 6.42 Å². The summed E-state index contributed by atoms with van der Waals surface area (Å²) >= 11 is 0. The van der Waals surface area contributed by atoms with Crippen molar-refractivity contribution in [3.05, 3.63) is 29.6 Å². The first kappa shape index (κ1) is 8.23. The molecule has 0 spiro atoms. The molecule has 1 aliphatic heterocycles. The van der Waals surface area contributed by atoms with Crippen molar-refractivity contribution in [2.75, 3.05) is 18.0 Å². The van der Waals surface area contributed by atoms with Gasteiger partial charge in [0.2, 0.25) is 0 Å². The summed E-state index contributed by atoms with van der Waals surface area (Å²) in [6.45, 7) is 1.92. The second-order valence-corrected chi connectivity index (χ2v) is 3.20. The molecule has 0 atom stereocenters. The van der Waals surface area contributed by atoms with E-state index in [1.165, 1.54) is 12.1 Å². The summed E-state index contributed by atoms with van der Waals surface area (Å²) in [4.78, 5) is 12.5. The summed E-state index contributed by atoms with van der Waals surface area (Å²) in [5, 5.41) is 0. The van der Waals surface area contributed by atoms with Crippen molar-refractivity contribution in [2.24, 2.45) is 0 Å². The van der Waals surface area contributed by atoms with Crippen molar-refractivity contribution < 1.29 is 9.18 Å². The lowest BCUT2D eigenvalue weighted by molar-refractivity contribution is 0.112. The number of carbonyl (C=O) groups excluding carboxylic acids is 1. The molecular formula is C10H10FNO. The van der Waals surface area contributed by atoms with E-state index in [1.54, 1.807) is 6.07 Å². The Morgan fingerprint density at radius 3 is 2.62 bits per heavy atom. The molecule has 1 aromatic rings. The van der Waals surface area contributed by atoms with Crippen molar-refractivity contribution in [1.82, 2.24) is 0 Å². The predicted octanol–water partition coefficient (Wildman–Crippen LogP) is 1.85. The van der Waals surface area contributed by atoms with Gasteiger partial charge in [-0.15, -0.1) is 0 Å². The Morgan fingerprint density at radius 1 is 1.31 bits per heavy atom. The summed E-state index contributed by atoms with van der Waals surface area (Å²) in [7, 11) is 0. The molecule has 13 heavy (non-hydrogen) atoms. The molecule has 1 fully saturated rings. The topological polar surface area (TPSA) is 20.3 Å². The second kappa shape index (κ2) is 3.17. The van der Waals surface area contributed by atoms with Crippen molar-refractivity contribution in [1.29, 1.82) is 0 Å². The van der Waals surface area contributed by atoms with Gasteiger partial charge in [0, 0.05) is 24.3 Å². The van der Waals surface area contributed by atoms with Crippen LogP contribution in [0.15, 0.2) is 18.2 Å². The van der Waals surface area contributed by atoms with Crippen molar-refractivity contribution in [3.63, 3.8) is 0 Å². The van der Waals surface area contributed by atoms with E-state index in [-0.39, 0.29) is 5.82 Å². The van der Waals surface area contributed by atoms with Gasteiger partial charge in [-0.25, -0.2) is 4.39 Å². The van der Waals surface area contributed by atoms with Crippen LogP contribution in [0, 0.1) is 5.82 Å². The zero-order valence-corrected chi connectivity index (χ0v) is 7.16. The van der Waals surface area contributed by atoms with Crippen molar-refractivity contribution in [3.8, 4) is 0 Å². The van der Waals surface area contributed by atoms with Crippen LogP contribution < -0.4 is 4.90 Å². The third-order valence-electron chi connectivity index (χ3n) is 2.26. The van der Waals surface area contributed by atoms with Crippen LogP contribution in [0.25, 0.3) is 0 Å². The zero-order chi connectivity index (χ0) is 9.26. The Hall–Kier alpha value is -1.38. The highest BCUT2D eigenvalue weighted by molar-refractivity contribution is 5.77. The molecule has 1 aliphatic rings. The number of nitrogens with zero attached hydrogens (tertiary/aromatic N) is 1. The Labute approximate surface area is 76.0 Å². The lowest BCUT2D eigenvalue weighted by Crippen LogP contribution is -2.37. The fourth-order valence-corrected chi connectivity index (χ4v) is 1.42. The fraction of sp³-hybridized carbons (Fsp3) is 0.300. The van der Waals surface area contributed by atoms with Gasteiger partial charge in [0.05, 0.1) is 0 Å². The van der Waals surface area contributed by atoms with E-state index in [2.05, 4.69) is 4.90 Å². The largest absolute Gasteiger partial charge is 0.371 e. The highest BCUT2D eigenvalue weighted by Gasteiger charge is 2.15. The van der Waals surface area contributed by atoms with Crippen LogP contribution in [0.4, 0.5) is 10.1 Å². The van der Waals surface area contributed by atoms with Gasteiger partial charge in [-0.1, -0.05) is 0 Å². The van der Waals surface area contributed by atoms with E-state index in [0.717, 1.165) is 25.2 Å². The molecule has 0 radical (unpaired) electrons. The average Bonchev–Trinajstić information content (AvgIpc) is 2.00. The third kappa shape index (κ3) is 1.54. The minimum Gasteiger partial charge on any atom is -0.371 e. The molecule has 0 aromatic heterocycles. The molecule has 0 N–H and O–H groups in total. The van der Waals surface area contributed by atoms with Crippen LogP contribution in [0.2, 0.25) is 0 Å². The standard InChI is InChI=1S/C10H10FNO/c11-9-4-8(7-13)5-10(6-9)12-2-1-3-12/h4-7H,1-3H2. The number of anilines is 1. The fourth-order valence-electron chi connectivity index (χ4n) is 1.42. The Morgan fingerprint density at radius 2 is 2.08 bits per heavy atom. The van der Waals surface area contributed by atoms with E-state index >= 15 is 0 Å². The van der Waals surface area contributed by atoms with E-state index in [9.17, 15) is 9.18 Å². The minimum atomic E-state index is -0.341. The van der Waals surface area contributed by atoms with Gasteiger partial charge in [0.15, 0.2) is 0 Å². The Balaban J connectivity index is 2.33. The highest BCUT2D eigenvalue weighted by atomic mass is 19.1. The Bertz CT molecular complexity index is 334. The number of hydrogen-bond donors (Lipinski definition) is 0. The van der Waals surface area contributed by atoms with Gasteiger partial charge in [0.25, 0.3) is 0 Å². The molecule has 3 heteroatoms. The molecule has 1 saturated heterocycles. The molecule has 1 heterocycles. The number of benzene rings is 1. The van der Waals surface area contributed by atoms with Gasteiger partial charge in [-0.2, -0.15) is 0 Å². The number of halogens is 1. The molecule has 68 valence electrons. The van der Waals surface area contributed by atoms with E-state index in [4.69, 9.17) is 0 Å². The maximum atomic E-state index is 12.9. The molecule has 0 unspecified atom stereocenters. The Kier molecular flexibility index (Phi) is 2.00. The smallest absolute Gasteiger partial charge is 0.150 e. The van der Waals surface area contributed by atoms with Gasteiger partial charge in [-0.05, 0) is 24.6 Å². The molecule has 0 bridgehead atoms. The molecular weight excluding hydrogens is 169 g/mol. The summed E-state index contributed by atoms with van der Waals surface area (Å²) in [5.74, 6) is -0.341. The van der Waals surface area contributed by atoms with Crippen molar-refractivity contribution >= 4 is 12.0 Å². The van der Waals surface area contributed by atoms with Crippen LogP contribution in [0.3, 0.4) is 0 Å². The normalized spacial score (nSPS) is 15.3.